The Hall–Kier alpha value is -2.13. The minimum Gasteiger partial charge on any atom is -0.369 e. The lowest BCUT2D eigenvalue weighted by Crippen LogP contribution is -2.46. The Labute approximate surface area is 152 Å². The van der Waals surface area contributed by atoms with E-state index in [4.69, 9.17) is 0 Å². The van der Waals surface area contributed by atoms with Crippen molar-refractivity contribution >= 4 is 17.6 Å². The molecule has 0 aliphatic carbocycles. The number of hydrogen-bond donors (Lipinski definition) is 0. The molecule has 0 aromatic heterocycles. The van der Waals surface area contributed by atoms with Crippen molar-refractivity contribution in [1.29, 1.82) is 0 Å². The van der Waals surface area contributed by atoms with Gasteiger partial charge in [0.25, 0.3) is 0 Å². The maximum absolute atomic E-state index is 4.66. The Bertz CT molecular complexity index is 686. The summed E-state index contributed by atoms with van der Waals surface area (Å²) in [6.45, 7) is 10.3. The van der Waals surface area contributed by atoms with Crippen molar-refractivity contribution in [2.75, 3.05) is 37.6 Å². The molecule has 0 bridgehead atoms. The van der Waals surface area contributed by atoms with Crippen LogP contribution >= 0.6 is 0 Å². The summed E-state index contributed by atoms with van der Waals surface area (Å²) in [6, 6.07) is 16.9. The zero-order chi connectivity index (χ0) is 17.5. The molecule has 0 spiro atoms. The molecule has 0 radical (unpaired) electrons. The van der Waals surface area contributed by atoms with Crippen LogP contribution in [0, 0.1) is 6.92 Å². The van der Waals surface area contributed by atoms with E-state index in [0.29, 0.717) is 0 Å². The SMILES string of the molecule is CCCCN1CCN(c2ccc(N=Cc3ccccc3)c(C)c2)CC1. The van der Waals surface area contributed by atoms with Gasteiger partial charge in [-0.3, -0.25) is 9.89 Å². The first-order chi connectivity index (χ1) is 12.3. The molecule has 1 aliphatic rings. The van der Waals surface area contributed by atoms with E-state index in [1.54, 1.807) is 0 Å². The van der Waals surface area contributed by atoms with Crippen LogP contribution in [0.25, 0.3) is 0 Å². The standard InChI is InChI=1S/C22H29N3/c1-3-4-12-24-13-15-25(16-14-24)21-10-11-22(19(2)17-21)23-18-20-8-6-5-7-9-20/h5-11,17-18H,3-4,12-16H2,1-2H3. The Morgan fingerprint density at radius 3 is 2.44 bits per heavy atom. The summed E-state index contributed by atoms with van der Waals surface area (Å²) in [6.07, 6.45) is 4.53. The highest BCUT2D eigenvalue weighted by molar-refractivity contribution is 5.82. The van der Waals surface area contributed by atoms with Crippen LogP contribution in [-0.2, 0) is 0 Å². The summed E-state index contributed by atoms with van der Waals surface area (Å²) in [4.78, 5) is 9.75. The summed E-state index contributed by atoms with van der Waals surface area (Å²) < 4.78 is 0. The fourth-order valence-corrected chi connectivity index (χ4v) is 3.28. The second-order valence-corrected chi connectivity index (χ2v) is 6.82. The van der Waals surface area contributed by atoms with Crippen LogP contribution in [0.4, 0.5) is 11.4 Å². The molecule has 3 heteroatoms. The second kappa shape index (κ2) is 8.82. The average Bonchev–Trinajstić information content (AvgIpc) is 2.66. The van der Waals surface area contributed by atoms with Crippen LogP contribution in [0.2, 0.25) is 0 Å². The predicted molar refractivity (Wildman–Crippen MR) is 108 cm³/mol. The highest BCUT2D eigenvalue weighted by Gasteiger charge is 2.17. The molecular weight excluding hydrogens is 306 g/mol. The molecule has 25 heavy (non-hydrogen) atoms. The molecular formula is C22H29N3. The van der Waals surface area contributed by atoms with Gasteiger partial charge in [0.1, 0.15) is 0 Å². The van der Waals surface area contributed by atoms with E-state index in [0.717, 1.165) is 24.3 Å². The molecule has 0 N–H and O–H groups in total. The number of hydrogen-bond acceptors (Lipinski definition) is 3. The van der Waals surface area contributed by atoms with E-state index < -0.39 is 0 Å². The molecule has 1 fully saturated rings. The summed E-state index contributed by atoms with van der Waals surface area (Å²) in [5.74, 6) is 0. The number of benzene rings is 2. The summed E-state index contributed by atoms with van der Waals surface area (Å²) in [5, 5.41) is 0. The molecule has 2 aromatic carbocycles. The van der Waals surface area contributed by atoms with E-state index in [1.165, 1.54) is 43.7 Å². The first-order valence-electron chi connectivity index (χ1n) is 9.43. The average molecular weight is 335 g/mol. The third kappa shape index (κ3) is 4.93. The first-order valence-corrected chi connectivity index (χ1v) is 9.43. The fraction of sp³-hybridized carbons (Fsp3) is 0.409. The van der Waals surface area contributed by atoms with Gasteiger partial charge in [-0.1, -0.05) is 43.7 Å². The van der Waals surface area contributed by atoms with Gasteiger partial charge in [-0.25, -0.2) is 0 Å². The first kappa shape index (κ1) is 17.7. The van der Waals surface area contributed by atoms with Gasteiger partial charge < -0.3 is 4.90 Å². The highest BCUT2D eigenvalue weighted by Crippen LogP contribution is 2.25. The van der Waals surface area contributed by atoms with Gasteiger partial charge >= 0.3 is 0 Å². The third-order valence-electron chi connectivity index (χ3n) is 4.90. The highest BCUT2D eigenvalue weighted by atomic mass is 15.3. The fourth-order valence-electron chi connectivity index (χ4n) is 3.28. The maximum atomic E-state index is 4.66. The lowest BCUT2D eigenvalue weighted by atomic mass is 10.1. The number of aryl methyl sites for hydroxylation is 1. The quantitative estimate of drug-likeness (QED) is 0.715. The molecule has 3 rings (SSSR count). The van der Waals surface area contributed by atoms with Crippen molar-refractivity contribution < 1.29 is 0 Å². The minimum absolute atomic E-state index is 1.05. The Kier molecular flexibility index (Phi) is 6.24. The molecule has 132 valence electrons. The lowest BCUT2D eigenvalue weighted by molar-refractivity contribution is 0.254. The maximum Gasteiger partial charge on any atom is 0.0660 e. The molecule has 1 heterocycles. The number of rotatable bonds is 6. The summed E-state index contributed by atoms with van der Waals surface area (Å²) in [5.41, 5.74) is 4.74. The molecule has 0 saturated carbocycles. The van der Waals surface area contributed by atoms with Crippen LogP contribution in [0.1, 0.15) is 30.9 Å². The number of anilines is 1. The minimum atomic E-state index is 1.05. The zero-order valence-corrected chi connectivity index (χ0v) is 15.5. The molecule has 1 saturated heterocycles. The normalized spacial score (nSPS) is 15.8. The Morgan fingerprint density at radius 1 is 1.00 bits per heavy atom. The largest absolute Gasteiger partial charge is 0.369 e. The van der Waals surface area contributed by atoms with Gasteiger partial charge in [-0.15, -0.1) is 0 Å². The second-order valence-electron chi connectivity index (χ2n) is 6.82. The van der Waals surface area contributed by atoms with Crippen molar-refractivity contribution in [3.8, 4) is 0 Å². The van der Waals surface area contributed by atoms with Gasteiger partial charge in [-0.2, -0.15) is 0 Å². The van der Waals surface area contributed by atoms with E-state index in [2.05, 4.69) is 59.0 Å². The smallest absolute Gasteiger partial charge is 0.0660 e. The van der Waals surface area contributed by atoms with E-state index in [-0.39, 0.29) is 0 Å². The van der Waals surface area contributed by atoms with Crippen molar-refractivity contribution in [2.24, 2.45) is 4.99 Å². The Balaban J connectivity index is 1.61. The monoisotopic (exact) mass is 335 g/mol. The molecule has 1 aliphatic heterocycles. The topological polar surface area (TPSA) is 18.8 Å². The van der Waals surface area contributed by atoms with E-state index in [9.17, 15) is 0 Å². The zero-order valence-electron chi connectivity index (χ0n) is 15.5. The van der Waals surface area contributed by atoms with Crippen LogP contribution in [0.15, 0.2) is 53.5 Å². The van der Waals surface area contributed by atoms with Gasteiger partial charge in [-0.05, 0) is 49.2 Å². The number of unbranched alkanes of at least 4 members (excludes halogenated alkanes) is 1. The predicted octanol–water partition coefficient (Wildman–Crippen LogP) is 4.67. The van der Waals surface area contributed by atoms with E-state index >= 15 is 0 Å². The van der Waals surface area contributed by atoms with Crippen molar-refractivity contribution in [2.45, 2.75) is 26.7 Å². The van der Waals surface area contributed by atoms with Crippen molar-refractivity contribution in [3.05, 3.63) is 59.7 Å². The van der Waals surface area contributed by atoms with Crippen molar-refractivity contribution in [3.63, 3.8) is 0 Å². The lowest BCUT2D eigenvalue weighted by Gasteiger charge is -2.36. The van der Waals surface area contributed by atoms with Gasteiger partial charge in [0, 0.05) is 38.1 Å². The number of nitrogens with zero attached hydrogens (tertiary/aromatic N) is 3. The number of aliphatic imine (C=N–C) groups is 1. The van der Waals surface area contributed by atoms with Crippen LogP contribution in [0.3, 0.4) is 0 Å². The van der Waals surface area contributed by atoms with Gasteiger partial charge in [0.2, 0.25) is 0 Å². The van der Waals surface area contributed by atoms with Crippen LogP contribution in [0.5, 0.6) is 0 Å². The van der Waals surface area contributed by atoms with Crippen molar-refractivity contribution in [1.82, 2.24) is 4.90 Å². The molecule has 0 unspecified atom stereocenters. The number of piperazine rings is 1. The summed E-state index contributed by atoms with van der Waals surface area (Å²) >= 11 is 0. The molecule has 0 amide bonds. The Morgan fingerprint density at radius 2 is 1.76 bits per heavy atom. The molecule has 0 atom stereocenters. The third-order valence-corrected chi connectivity index (χ3v) is 4.90. The van der Waals surface area contributed by atoms with E-state index in [1.807, 2.05) is 24.4 Å². The van der Waals surface area contributed by atoms with Gasteiger partial charge in [0.05, 0.1) is 5.69 Å². The molecule has 3 nitrogen and oxygen atoms in total. The molecule has 2 aromatic rings. The van der Waals surface area contributed by atoms with Gasteiger partial charge in [0.15, 0.2) is 0 Å². The van der Waals surface area contributed by atoms with Crippen LogP contribution in [-0.4, -0.2) is 43.8 Å². The summed E-state index contributed by atoms with van der Waals surface area (Å²) in [7, 11) is 0. The van der Waals surface area contributed by atoms with Crippen LogP contribution < -0.4 is 4.90 Å².